The van der Waals surface area contributed by atoms with Crippen molar-refractivity contribution in [1.82, 2.24) is 14.1 Å². The van der Waals surface area contributed by atoms with Gasteiger partial charge in [-0.3, -0.25) is 9.69 Å². The minimum Gasteiger partial charge on any atom is -0.312 e. The Balaban J connectivity index is 1.70. The molecule has 3 aliphatic heterocycles. The van der Waals surface area contributed by atoms with Gasteiger partial charge in [-0.2, -0.15) is 4.31 Å². The first-order valence-electron chi connectivity index (χ1n) is 12.5. The van der Waals surface area contributed by atoms with Crippen LogP contribution in [-0.2, 0) is 21.4 Å². The number of sulfonamides is 1. The van der Waals surface area contributed by atoms with Crippen molar-refractivity contribution in [3.05, 3.63) is 29.8 Å². The lowest BCUT2D eigenvalue weighted by Crippen LogP contribution is -2.51. The van der Waals surface area contributed by atoms with E-state index in [1.807, 2.05) is 23.1 Å². The molecule has 184 valence electrons. The van der Waals surface area contributed by atoms with Crippen LogP contribution in [0.5, 0.6) is 0 Å². The molecule has 1 amide bonds. The van der Waals surface area contributed by atoms with Crippen LogP contribution in [0.25, 0.3) is 0 Å². The lowest BCUT2D eigenvalue weighted by Gasteiger charge is -2.42. The predicted molar refractivity (Wildman–Crippen MR) is 133 cm³/mol. The van der Waals surface area contributed by atoms with E-state index in [-0.39, 0.29) is 18.0 Å². The largest absolute Gasteiger partial charge is 0.312 e. The number of fused-ring (bicyclic) bond motifs is 3. The van der Waals surface area contributed by atoms with Gasteiger partial charge in [0.1, 0.15) is 0 Å². The standard InChI is InChI=1S/C25H40N4O3S/c1-19(2)26-14-11-22(12-15-26)27-17-21-7-5-6-8-25(21)28(20(3)30)16-13-23-9-10-24(18-27)29(23)33(4,31)32/h5-8,19,22-24H,9-18H2,1-4H3/t23-,24+/m1/s1. The number of amides is 1. The molecular formula is C25H40N4O3S. The second-order valence-corrected chi connectivity index (χ2v) is 12.2. The molecule has 4 rings (SSSR count). The SMILES string of the molecule is CC(=O)N1CC[C@H]2CC[C@@H](CN(C3CCN(C(C)C)CC3)Cc3ccccc31)N2S(C)(=O)=O. The molecule has 33 heavy (non-hydrogen) atoms. The second kappa shape index (κ2) is 10.0. The summed E-state index contributed by atoms with van der Waals surface area (Å²) in [5.41, 5.74) is 2.13. The first-order valence-corrected chi connectivity index (χ1v) is 14.3. The van der Waals surface area contributed by atoms with Crippen molar-refractivity contribution in [1.29, 1.82) is 0 Å². The summed E-state index contributed by atoms with van der Waals surface area (Å²) < 4.78 is 27.5. The molecule has 2 saturated heterocycles. The molecule has 1 aromatic carbocycles. The second-order valence-electron chi connectivity index (χ2n) is 10.4. The Labute approximate surface area is 199 Å². The van der Waals surface area contributed by atoms with Crippen molar-refractivity contribution in [3.63, 3.8) is 0 Å². The summed E-state index contributed by atoms with van der Waals surface area (Å²) in [6, 6.07) is 9.15. The first-order chi connectivity index (χ1) is 15.6. The normalized spacial score (nSPS) is 26.9. The number of rotatable bonds is 3. The molecule has 0 radical (unpaired) electrons. The third-order valence-electron chi connectivity index (χ3n) is 7.85. The number of carbonyl (C=O) groups is 1. The van der Waals surface area contributed by atoms with E-state index in [9.17, 15) is 13.2 Å². The summed E-state index contributed by atoms with van der Waals surface area (Å²) in [7, 11) is -3.33. The fourth-order valence-corrected chi connectivity index (χ4v) is 7.62. The number of para-hydroxylation sites is 1. The highest BCUT2D eigenvalue weighted by atomic mass is 32.2. The molecule has 0 spiro atoms. The average Bonchev–Trinajstić information content (AvgIpc) is 3.15. The van der Waals surface area contributed by atoms with Gasteiger partial charge in [0.25, 0.3) is 0 Å². The van der Waals surface area contributed by atoms with Crippen molar-refractivity contribution in [2.24, 2.45) is 0 Å². The Kier molecular flexibility index (Phi) is 7.48. The predicted octanol–water partition coefficient (Wildman–Crippen LogP) is 2.91. The molecule has 0 aliphatic carbocycles. The number of piperidine rings is 1. The molecule has 7 nitrogen and oxygen atoms in total. The van der Waals surface area contributed by atoms with Crippen molar-refractivity contribution in [2.45, 2.75) is 83.6 Å². The van der Waals surface area contributed by atoms with Crippen LogP contribution >= 0.6 is 0 Å². The molecule has 0 aromatic heterocycles. The van der Waals surface area contributed by atoms with Crippen LogP contribution in [0.1, 0.15) is 58.4 Å². The van der Waals surface area contributed by atoms with Gasteiger partial charge in [0.15, 0.2) is 0 Å². The van der Waals surface area contributed by atoms with Crippen LogP contribution in [0.2, 0.25) is 0 Å². The Morgan fingerprint density at radius 1 is 0.939 bits per heavy atom. The first kappa shape index (κ1) is 24.6. The van der Waals surface area contributed by atoms with Crippen molar-refractivity contribution in [2.75, 3.05) is 37.3 Å². The summed E-state index contributed by atoms with van der Waals surface area (Å²) in [4.78, 5) is 19.6. The summed E-state index contributed by atoms with van der Waals surface area (Å²) >= 11 is 0. The van der Waals surface area contributed by atoms with E-state index < -0.39 is 10.0 Å². The van der Waals surface area contributed by atoms with E-state index in [1.165, 1.54) is 6.26 Å². The van der Waals surface area contributed by atoms with Crippen molar-refractivity contribution in [3.8, 4) is 0 Å². The van der Waals surface area contributed by atoms with Gasteiger partial charge in [0.2, 0.25) is 15.9 Å². The molecule has 8 heteroatoms. The highest BCUT2D eigenvalue weighted by Gasteiger charge is 2.42. The Morgan fingerprint density at radius 3 is 2.21 bits per heavy atom. The number of carbonyl (C=O) groups excluding carboxylic acids is 1. The quantitative estimate of drug-likeness (QED) is 0.671. The molecule has 0 saturated carbocycles. The van der Waals surface area contributed by atoms with E-state index >= 15 is 0 Å². The third kappa shape index (κ3) is 5.45. The van der Waals surface area contributed by atoms with Gasteiger partial charge in [0.05, 0.1) is 6.26 Å². The maximum Gasteiger partial charge on any atom is 0.223 e. The zero-order valence-corrected chi connectivity index (χ0v) is 21.4. The highest BCUT2D eigenvalue weighted by Crippen LogP contribution is 2.34. The molecule has 3 aliphatic rings. The van der Waals surface area contributed by atoms with E-state index in [0.717, 1.165) is 63.1 Å². The van der Waals surface area contributed by atoms with Gasteiger partial charge >= 0.3 is 0 Å². The van der Waals surface area contributed by atoms with Crippen LogP contribution in [0.15, 0.2) is 24.3 Å². The van der Waals surface area contributed by atoms with E-state index in [1.54, 1.807) is 11.2 Å². The van der Waals surface area contributed by atoms with Crippen LogP contribution < -0.4 is 4.90 Å². The topological polar surface area (TPSA) is 64.2 Å². The smallest absolute Gasteiger partial charge is 0.223 e. The molecule has 2 bridgehead atoms. The van der Waals surface area contributed by atoms with Gasteiger partial charge in [0, 0.05) is 56.4 Å². The molecule has 1 aromatic rings. The number of likely N-dealkylation sites (tertiary alicyclic amines) is 1. The van der Waals surface area contributed by atoms with E-state index in [2.05, 4.69) is 29.7 Å². The van der Waals surface area contributed by atoms with Crippen LogP contribution in [-0.4, -0.2) is 85.0 Å². The fraction of sp³-hybridized carbons (Fsp3) is 0.720. The summed E-state index contributed by atoms with van der Waals surface area (Å²) in [6.07, 6.45) is 5.95. The fourth-order valence-electron chi connectivity index (χ4n) is 6.16. The van der Waals surface area contributed by atoms with Crippen molar-refractivity contribution >= 4 is 21.6 Å². The van der Waals surface area contributed by atoms with Crippen molar-refractivity contribution < 1.29 is 13.2 Å². The monoisotopic (exact) mass is 476 g/mol. The molecular weight excluding hydrogens is 436 g/mol. The Hall–Kier alpha value is -1.48. The zero-order valence-electron chi connectivity index (χ0n) is 20.6. The average molecular weight is 477 g/mol. The third-order valence-corrected chi connectivity index (χ3v) is 9.21. The van der Waals surface area contributed by atoms with E-state index in [4.69, 9.17) is 0 Å². The van der Waals surface area contributed by atoms with Gasteiger partial charge in [-0.05, 0) is 70.7 Å². The number of benzene rings is 1. The van der Waals surface area contributed by atoms with Crippen LogP contribution in [0.4, 0.5) is 5.69 Å². The molecule has 2 fully saturated rings. The van der Waals surface area contributed by atoms with Crippen LogP contribution in [0.3, 0.4) is 0 Å². The number of hydrogen-bond donors (Lipinski definition) is 0. The molecule has 0 unspecified atom stereocenters. The minimum atomic E-state index is -3.33. The number of nitrogens with zero attached hydrogens (tertiary/aromatic N) is 4. The molecule has 0 N–H and O–H groups in total. The van der Waals surface area contributed by atoms with Gasteiger partial charge in [-0.25, -0.2) is 8.42 Å². The maximum absolute atomic E-state index is 12.9. The van der Waals surface area contributed by atoms with Gasteiger partial charge < -0.3 is 9.80 Å². The maximum atomic E-state index is 12.9. The Bertz CT molecular complexity index is 943. The van der Waals surface area contributed by atoms with Gasteiger partial charge in [-0.1, -0.05) is 18.2 Å². The summed E-state index contributed by atoms with van der Waals surface area (Å²) in [5, 5.41) is 0. The van der Waals surface area contributed by atoms with Gasteiger partial charge in [-0.15, -0.1) is 0 Å². The van der Waals surface area contributed by atoms with E-state index in [0.29, 0.717) is 25.0 Å². The number of anilines is 1. The molecule has 3 heterocycles. The lowest BCUT2D eigenvalue weighted by atomic mass is 9.99. The number of hydrogen-bond acceptors (Lipinski definition) is 5. The highest BCUT2D eigenvalue weighted by molar-refractivity contribution is 7.88. The minimum absolute atomic E-state index is 0.00386. The van der Waals surface area contributed by atoms with Crippen LogP contribution in [0, 0.1) is 0 Å². The Morgan fingerprint density at radius 2 is 1.58 bits per heavy atom. The zero-order chi connectivity index (χ0) is 23.8. The summed E-state index contributed by atoms with van der Waals surface area (Å²) in [5.74, 6) is 0.0129. The molecule has 2 atom stereocenters. The summed E-state index contributed by atoms with van der Waals surface area (Å²) in [6.45, 7) is 10.3. The lowest BCUT2D eigenvalue weighted by molar-refractivity contribution is -0.116.